The number of carboxylic acids is 1. The van der Waals surface area contributed by atoms with Crippen molar-refractivity contribution in [1.82, 2.24) is 10.3 Å². The van der Waals surface area contributed by atoms with E-state index in [1.54, 1.807) is 12.1 Å². The number of benzene rings is 1. The Morgan fingerprint density at radius 2 is 2.21 bits per heavy atom. The second-order valence-corrected chi connectivity index (χ2v) is 4.33. The summed E-state index contributed by atoms with van der Waals surface area (Å²) in [4.78, 5) is 25.2. The summed E-state index contributed by atoms with van der Waals surface area (Å²) in [6, 6.07) is 5.92. The lowest BCUT2D eigenvalue weighted by Gasteiger charge is -2.06. The number of carbonyl (C=O) groups is 2. The lowest BCUT2D eigenvalue weighted by Crippen LogP contribution is -2.31. The molecule has 0 radical (unpaired) electrons. The number of H-pyrrole nitrogens is 1. The normalized spacial score (nSPS) is 12.3. The average molecular weight is 264 g/mol. The van der Waals surface area contributed by atoms with E-state index in [2.05, 4.69) is 10.3 Å². The van der Waals surface area contributed by atoms with Crippen LogP contribution in [0.4, 0.5) is 4.39 Å². The average Bonchev–Trinajstić information content (AvgIpc) is 2.80. The standard InChI is InChI=1S/C13H13FN2O3/c1-7(13(18)19)6-15-12(17)11-5-8-9(14)3-2-4-10(8)16-11/h2-5,7,16H,6H2,1H3,(H,15,17)(H,18,19). The van der Waals surface area contributed by atoms with Crippen LogP contribution in [0.3, 0.4) is 0 Å². The number of fused-ring (bicyclic) bond motifs is 1. The molecule has 0 aliphatic rings. The zero-order valence-electron chi connectivity index (χ0n) is 10.2. The summed E-state index contributed by atoms with van der Waals surface area (Å²) in [6.45, 7) is 1.51. The van der Waals surface area contributed by atoms with Crippen molar-refractivity contribution in [2.45, 2.75) is 6.92 Å². The lowest BCUT2D eigenvalue weighted by atomic mass is 10.2. The summed E-state index contributed by atoms with van der Waals surface area (Å²) < 4.78 is 13.5. The zero-order valence-corrected chi connectivity index (χ0v) is 10.2. The molecule has 5 nitrogen and oxygen atoms in total. The molecule has 1 heterocycles. The quantitative estimate of drug-likeness (QED) is 0.786. The van der Waals surface area contributed by atoms with Crippen LogP contribution in [0.15, 0.2) is 24.3 Å². The molecule has 0 aliphatic carbocycles. The van der Waals surface area contributed by atoms with Gasteiger partial charge in [0.25, 0.3) is 5.91 Å². The SMILES string of the molecule is CC(CNC(=O)c1cc2c(F)cccc2[nH]1)C(=O)O. The number of halogens is 1. The van der Waals surface area contributed by atoms with Crippen LogP contribution in [0.1, 0.15) is 17.4 Å². The number of aromatic nitrogens is 1. The second-order valence-electron chi connectivity index (χ2n) is 4.33. The highest BCUT2D eigenvalue weighted by Crippen LogP contribution is 2.18. The van der Waals surface area contributed by atoms with Crippen molar-refractivity contribution in [2.75, 3.05) is 6.54 Å². The summed E-state index contributed by atoms with van der Waals surface area (Å²) in [6.07, 6.45) is 0. The minimum absolute atomic E-state index is 0.0199. The Morgan fingerprint density at radius 3 is 2.84 bits per heavy atom. The zero-order chi connectivity index (χ0) is 14.0. The van der Waals surface area contributed by atoms with Crippen molar-refractivity contribution in [3.63, 3.8) is 0 Å². The molecule has 3 N–H and O–H groups in total. The summed E-state index contributed by atoms with van der Waals surface area (Å²) in [5, 5.41) is 11.5. The van der Waals surface area contributed by atoms with Crippen molar-refractivity contribution in [3.8, 4) is 0 Å². The Balaban J connectivity index is 2.14. The third-order valence-electron chi connectivity index (χ3n) is 2.85. The molecule has 0 aliphatic heterocycles. The van der Waals surface area contributed by atoms with Crippen molar-refractivity contribution in [3.05, 3.63) is 35.8 Å². The molecule has 0 saturated heterocycles. The van der Waals surface area contributed by atoms with Gasteiger partial charge in [-0.05, 0) is 18.2 Å². The van der Waals surface area contributed by atoms with E-state index in [1.165, 1.54) is 19.1 Å². The smallest absolute Gasteiger partial charge is 0.308 e. The molecule has 1 unspecified atom stereocenters. The molecule has 1 aromatic carbocycles. The molecular weight excluding hydrogens is 251 g/mol. The van der Waals surface area contributed by atoms with Crippen molar-refractivity contribution in [2.24, 2.45) is 5.92 Å². The molecule has 19 heavy (non-hydrogen) atoms. The van der Waals surface area contributed by atoms with Gasteiger partial charge in [-0.25, -0.2) is 4.39 Å². The number of aromatic amines is 1. The first-order chi connectivity index (χ1) is 8.99. The highest BCUT2D eigenvalue weighted by Gasteiger charge is 2.15. The maximum atomic E-state index is 13.5. The molecular formula is C13H13FN2O3. The van der Waals surface area contributed by atoms with Gasteiger partial charge in [0.2, 0.25) is 0 Å². The Labute approximate surface area is 108 Å². The largest absolute Gasteiger partial charge is 0.481 e. The van der Waals surface area contributed by atoms with Crippen molar-refractivity contribution < 1.29 is 19.1 Å². The molecule has 0 bridgehead atoms. The van der Waals surface area contributed by atoms with E-state index in [-0.39, 0.29) is 12.2 Å². The molecule has 0 saturated carbocycles. The number of aliphatic carboxylic acids is 1. The molecule has 100 valence electrons. The van der Waals surface area contributed by atoms with Gasteiger partial charge in [0.05, 0.1) is 5.92 Å². The fourth-order valence-corrected chi connectivity index (χ4v) is 1.67. The van der Waals surface area contributed by atoms with Crippen LogP contribution < -0.4 is 5.32 Å². The van der Waals surface area contributed by atoms with Crippen molar-refractivity contribution in [1.29, 1.82) is 0 Å². The number of carbonyl (C=O) groups excluding carboxylic acids is 1. The monoisotopic (exact) mass is 264 g/mol. The first-order valence-electron chi connectivity index (χ1n) is 5.77. The van der Waals surface area contributed by atoms with Crippen LogP contribution in [-0.4, -0.2) is 28.5 Å². The molecule has 2 rings (SSSR count). The molecule has 0 spiro atoms. The first kappa shape index (κ1) is 13.1. The lowest BCUT2D eigenvalue weighted by molar-refractivity contribution is -0.140. The van der Waals surface area contributed by atoms with Gasteiger partial charge < -0.3 is 15.4 Å². The third-order valence-corrected chi connectivity index (χ3v) is 2.85. The summed E-state index contributed by atoms with van der Waals surface area (Å²) in [5.41, 5.74) is 0.731. The Kier molecular flexibility index (Phi) is 3.50. The summed E-state index contributed by atoms with van der Waals surface area (Å²) in [7, 11) is 0. The number of hydrogen-bond donors (Lipinski definition) is 3. The number of carboxylic acid groups (broad SMARTS) is 1. The van der Waals surface area contributed by atoms with Crippen LogP contribution in [0.2, 0.25) is 0 Å². The van der Waals surface area contributed by atoms with E-state index >= 15 is 0 Å². The second kappa shape index (κ2) is 5.09. The molecule has 1 amide bonds. The predicted octanol–water partition coefficient (Wildman–Crippen LogP) is 1.76. The molecule has 1 atom stereocenters. The maximum absolute atomic E-state index is 13.5. The van der Waals surface area contributed by atoms with Gasteiger partial charge in [0.15, 0.2) is 0 Å². The van der Waals surface area contributed by atoms with Crippen LogP contribution in [0, 0.1) is 11.7 Å². The van der Waals surface area contributed by atoms with Crippen LogP contribution in [0.5, 0.6) is 0 Å². The van der Waals surface area contributed by atoms with Gasteiger partial charge in [-0.3, -0.25) is 9.59 Å². The highest BCUT2D eigenvalue weighted by atomic mass is 19.1. The van der Waals surface area contributed by atoms with Gasteiger partial charge in [-0.2, -0.15) is 0 Å². The van der Waals surface area contributed by atoms with Gasteiger partial charge in [0.1, 0.15) is 11.5 Å². The van der Waals surface area contributed by atoms with E-state index in [1.807, 2.05) is 0 Å². The molecule has 0 fully saturated rings. The first-order valence-corrected chi connectivity index (χ1v) is 5.77. The Hall–Kier alpha value is -2.37. The van der Waals surface area contributed by atoms with E-state index in [0.29, 0.717) is 10.9 Å². The van der Waals surface area contributed by atoms with Gasteiger partial charge in [-0.1, -0.05) is 13.0 Å². The van der Waals surface area contributed by atoms with Crippen molar-refractivity contribution >= 4 is 22.8 Å². The van der Waals surface area contributed by atoms with Crippen LogP contribution in [-0.2, 0) is 4.79 Å². The van der Waals surface area contributed by atoms with Crippen LogP contribution >= 0.6 is 0 Å². The highest BCUT2D eigenvalue weighted by molar-refractivity contribution is 5.98. The number of nitrogens with one attached hydrogen (secondary N) is 2. The fraction of sp³-hybridized carbons (Fsp3) is 0.231. The number of hydrogen-bond acceptors (Lipinski definition) is 2. The predicted molar refractivity (Wildman–Crippen MR) is 67.4 cm³/mol. The summed E-state index contributed by atoms with van der Waals surface area (Å²) in [5.74, 6) is -2.52. The van der Waals surface area contributed by atoms with Gasteiger partial charge in [-0.15, -0.1) is 0 Å². The van der Waals surface area contributed by atoms with Crippen LogP contribution in [0.25, 0.3) is 10.9 Å². The molecule has 6 heteroatoms. The Morgan fingerprint density at radius 1 is 1.47 bits per heavy atom. The van der Waals surface area contributed by atoms with E-state index in [0.717, 1.165) is 0 Å². The Bertz CT molecular complexity index is 636. The van der Waals surface area contributed by atoms with E-state index in [9.17, 15) is 14.0 Å². The van der Waals surface area contributed by atoms with Gasteiger partial charge >= 0.3 is 5.97 Å². The fourth-order valence-electron chi connectivity index (χ4n) is 1.67. The number of amides is 1. The summed E-state index contributed by atoms with van der Waals surface area (Å²) >= 11 is 0. The minimum Gasteiger partial charge on any atom is -0.481 e. The number of rotatable bonds is 4. The topological polar surface area (TPSA) is 82.2 Å². The van der Waals surface area contributed by atoms with E-state index < -0.39 is 23.6 Å². The molecule has 2 aromatic rings. The third kappa shape index (κ3) is 2.73. The minimum atomic E-state index is -0.983. The van der Waals surface area contributed by atoms with E-state index in [4.69, 9.17) is 5.11 Å². The maximum Gasteiger partial charge on any atom is 0.308 e. The molecule has 1 aromatic heterocycles. The van der Waals surface area contributed by atoms with Gasteiger partial charge in [0, 0.05) is 17.4 Å².